The SMILES string of the molecule is CCCNC(=NCc1ccnc(OC)c1)NCC. The highest BCUT2D eigenvalue weighted by Crippen LogP contribution is 2.09. The first-order chi connectivity index (χ1) is 8.80. The van der Waals surface area contributed by atoms with E-state index in [4.69, 9.17) is 4.74 Å². The van der Waals surface area contributed by atoms with Gasteiger partial charge in [-0.1, -0.05) is 6.92 Å². The van der Waals surface area contributed by atoms with Crippen molar-refractivity contribution in [2.24, 2.45) is 4.99 Å². The Kier molecular flexibility index (Phi) is 6.61. The summed E-state index contributed by atoms with van der Waals surface area (Å²) in [6.07, 6.45) is 2.81. The molecule has 0 atom stereocenters. The van der Waals surface area contributed by atoms with E-state index < -0.39 is 0 Å². The van der Waals surface area contributed by atoms with Gasteiger partial charge in [-0.15, -0.1) is 0 Å². The molecule has 5 heteroatoms. The Labute approximate surface area is 109 Å². The van der Waals surface area contributed by atoms with E-state index in [1.54, 1.807) is 13.3 Å². The highest BCUT2D eigenvalue weighted by molar-refractivity contribution is 5.79. The van der Waals surface area contributed by atoms with E-state index in [0.717, 1.165) is 31.0 Å². The van der Waals surface area contributed by atoms with Crippen LogP contribution in [-0.2, 0) is 6.54 Å². The second-order valence-electron chi connectivity index (χ2n) is 3.83. The van der Waals surface area contributed by atoms with Crippen molar-refractivity contribution in [3.05, 3.63) is 23.9 Å². The number of nitrogens with zero attached hydrogens (tertiary/aromatic N) is 2. The average Bonchev–Trinajstić information content (AvgIpc) is 2.42. The number of guanidine groups is 1. The van der Waals surface area contributed by atoms with Gasteiger partial charge in [-0.25, -0.2) is 9.98 Å². The monoisotopic (exact) mass is 250 g/mol. The molecule has 1 rings (SSSR count). The van der Waals surface area contributed by atoms with Gasteiger partial charge in [-0.3, -0.25) is 0 Å². The summed E-state index contributed by atoms with van der Waals surface area (Å²) < 4.78 is 5.08. The number of methoxy groups -OCH3 is 1. The van der Waals surface area contributed by atoms with Crippen LogP contribution in [0.15, 0.2) is 23.3 Å². The fraction of sp³-hybridized carbons (Fsp3) is 0.538. The minimum absolute atomic E-state index is 0.609. The molecule has 0 bridgehead atoms. The Morgan fingerprint density at radius 3 is 2.89 bits per heavy atom. The fourth-order valence-corrected chi connectivity index (χ4v) is 1.42. The number of rotatable bonds is 6. The molecule has 5 nitrogen and oxygen atoms in total. The largest absolute Gasteiger partial charge is 0.481 e. The highest BCUT2D eigenvalue weighted by Gasteiger charge is 1.98. The van der Waals surface area contributed by atoms with E-state index in [-0.39, 0.29) is 0 Å². The normalized spacial score (nSPS) is 11.2. The summed E-state index contributed by atoms with van der Waals surface area (Å²) in [5, 5.41) is 6.47. The van der Waals surface area contributed by atoms with Crippen LogP contribution in [0.5, 0.6) is 5.88 Å². The molecule has 1 heterocycles. The Hall–Kier alpha value is -1.78. The van der Waals surface area contributed by atoms with Crippen molar-refractivity contribution in [2.75, 3.05) is 20.2 Å². The second-order valence-corrected chi connectivity index (χ2v) is 3.83. The van der Waals surface area contributed by atoms with Gasteiger partial charge in [0.1, 0.15) is 0 Å². The van der Waals surface area contributed by atoms with E-state index in [9.17, 15) is 0 Å². The predicted octanol–water partition coefficient (Wildman–Crippen LogP) is 1.56. The number of aromatic nitrogens is 1. The third-order valence-electron chi connectivity index (χ3n) is 2.31. The molecule has 2 N–H and O–H groups in total. The topological polar surface area (TPSA) is 58.5 Å². The smallest absolute Gasteiger partial charge is 0.213 e. The van der Waals surface area contributed by atoms with Crippen molar-refractivity contribution in [3.8, 4) is 5.88 Å². The van der Waals surface area contributed by atoms with Gasteiger partial charge in [0, 0.05) is 25.4 Å². The minimum Gasteiger partial charge on any atom is -0.481 e. The van der Waals surface area contributed by atoms with Crippen LogP contribution in [0.2, 0.25) is 0 Å². The van der Waals surface area contributed by atoms with Crippen LogP contribution >= 0.6 is 0 Å². The number of hydrogen-bond donors (Lipinski definition) is 2. The van der Waals surface area contributed by atoms with E-state index in [2.05, 4.69) is 34.5 Å². The van der Waals surface area contributed by atoms with Crippen LogP contribution in [0.25, 0.3) is 0 Å². The van der Waals surface area contributed by atoms with Gasteiger partial charge in [0.15, 0.2) is 5.96 Å². The van der Waals surface area contributed by atoms with Gasteiger partial charge in [0.05, 0.1) is 13.7 Å². The van der Waals surface area contributed by atoms with Crippen LogP contribution in [0, 0.1) is 0 Å². The summed E-state index contributed by atoms with van der Waals surface area (Å²) in [4.78, 5) is 8.58. The molecule has 0 saturated carbocycles. The lowest BCUT2D eigenvalue weighted by molar-refractivity contribution is 0.397. The van der Waals surface area contributed by atoms with E-state index in [0.29, 0.717) is 12.4 Å². The lowest BCUT2D eigenvalue weighted by Crippen LogP contribution is -2.37. The van der Waals surface area contributed by atoms with Gasteiger partial charge in [-0.2, -0.15) is 0 Å². The van der Waals surface area contributed by atoms with Crippen molar-refractivity contribution < 1.29 is 4.74 Å². The fourth-order valence-electron chi connectivity index (χ4n) is 1.42. The standard InChI is InChI=1S/C13H22N4O/c1-4-7-16-13(14-5-2)17-10-11-6-8-15-12(9-11)18-3/h6,8-9H,4-5,7,10H2,1-3H3,(H2,14,16,17). The summed E-state index contributed by atoms with van der Waals surface area (Å²) in [5.74, 6) is 1.46. The molecular weight excluding hydrogens is 228 g/mol. The summed E-state index contributed by atoms with van der Waals surface area (Å²) in [7, 11) is 1.61. The van der Waals surface area contributed by atoms with Crippen molar-refractivity contribution in [3.63, 3.8) is 0 Å². The van der Waals surface area contributed by atoms with Gasteiger partial charge >= 0.3 is 0 Å². The maximum atomic E-state index is 5.08. The van der Waals surface area contributed by atoms with Crippen molar-refractivity contribution in [1.29, 1.82) is 0 Å². The number of pyridine rings is 1. The van der Waals surface area contributed by atoms with E-state index >= 15 is 0 Å². The van der Waals surface area contributed by atoms with Gasteiger partial charge < -0.3 is 15.4 Å². The molecule has 0 fully saturated rings. The average molecular weight is 250 g/mol. The Morgan fingerprint density at radius 2 is 2.22 bits per heavy atom. The quantitative estimate of drug-likeness (QED) is 0.594. The molecule has 0 unspecified atom stereocenters. The molecule has 0 radical (unpaired) electrons. The molecule has 1 aromatic heterocycles. The molecule has 0 aliphatic carbocycles. The van der Waals surface area contributed by atoms with Gasteiger partial charge in [0.25, 0.3) is 0 Å². The molecular formula is C13H22N4O. The van der Waals surface area contributed by atoms with Crippen LogP contribution in [0.1, 0.15) is 25.8 Å². The van der Waals surface area contributed by atoms with Gasteiger partial charge in [0.2, 0.25) is 5.88 Å². The molecule has 0 spiro atoms. The number of nitrogens with one attached hydrogen (secondary N) is 2. The molecule has 0 saturated heterocycles. The zero-order valence-corrected chi connectivity index (χ0v) is 11.4. The predicted molar refractivity (Wildman–Crippen MR) is 73.9 cm³/mol. The molecule has 0 amide bonds. The van der Waals surface area contributed by atoms with Crippen molar-refractivity contribution >= 4 is 5.96 Å². The molecule has 18 heavy (non-hydrogen) atoms. The van der Waals surface area contributed by atoms with E-state index in [1.807, 2.05) is 12.1 Å². The minimum atomic E-state index is 0.609. The Morgan fingerprint density at radius 1 is 1.39 bits per heavy atom. The van der Waals surface area contributed by atoms with Crippen LogP contribution in [-0.4, -0.2) is 31.1 Å². The lowest BCUT2D eigenvalue weighted by Gasteiger charge is -2.10. The third kappa shape index (κ3) is 5.03. The first kappa shape index (κ1) is 14.3. The first-order valence-electron chi connectivity index (χ1n) is 6.31. The summed E-state index contributed by atoms with van der Waals surface area (Å²) >= 11 is 0. The third-order valence-corrected chi connectivity index (χ3v) is 2.31. The zero-order chi connectivity index (χ0) is 13.2. The second kappa shape index (κ2) is 8.33. The maximum absolute atomic E-state index is 5.08. The molecule has 1 aromatic rings. The van der Waals surface area contributed by atoms with Gasteiger partial charge in [-0.05, 0) is 25.0 Å². The summed E-state index contributed by atoms with van der Waals surface area (Å²) in [5.41, 5.74) is 1.08. The van der Waals surface area contributed by atoms with Crippen molar-refractivity contribution in [1.82, 2.24) is 15.6 Å². The molecule has 0 aliphatic heterocycles. The van der Waals surface area contributed by atoms with Crippen LogP contribution in [0.3, 0.4) is 0 Å². The summed E-state index contributed by atoms with van der Waals surface area (Å²) in [6.45, 7) is 6.57. The Bertz CT molecular complexity index is 379. The highest BCUT2D eigenvalue weighted by atomic mass is 16.5. The lowest BCUT2D eigenvalue weighted by atomic mass is 10.3. The molecule has 0 aromatic carbocycles. The van der Waals surface area contributed by atoms with Crippen molar-refractivity contribution in [2.45, 2.75) is 26.8 Å². The first-order valence-corrected chi connectivity index (χ1v) is 6.31. The van der Waals surface area contributed by atoms with Crippen LogP contribution < -0.4 is 15.4 Å². The number of aliphatic imine (C=N–C) groups is 1. The number of hydrogen-bond acceptors (Lipinski definition) is 3. The Balaban J connectivity index is 2.61. The summed E-state index contributed by atoms with van der Waals surface area (Å²) in [6, 6.07) is 3.84. The maximum Gasteiger partial charge on any atom is 0.213 e. The molecule has 0 aliphatic rings. The molecule has 100 valence electrons. The van der Waals surface area contributed by atoms with E-state index in [1.165, 1.54) is 0 Å². The van der Waals surface area contributed by atoms with Crippen LogP contribution in [0.4, 0.5) is 0 Å². The number of ether oxygens (including phenoxy) is 1. The zero-order valence-electron chi connectivity index (χ0n) is 11.4.